The van der Waals surface area contributed by atoms with Crippen molar-refractivity contribution >= 4 is 23.1 Å². The minimum atomic E-state index is -0.545. The van der Waals surface area contributed by atoms with Gasteiger partial charge >= 0.3 is 0 Å². The van der Waals surface area contributed by atoms with Crippen LogP contribution in [0.25, 0.3) is 0 Å². The van der Waals surface area contributed by atoms with Crippen molar-refractivity contribution in [2.75, 3.05) is 17.2 Å². The molecule has 2 aromatic carbocycles. The Morgan fingerprint density at radius 1 is 1.25 bits per heavy atom. The Kier molecular flexibility index (Phi) is 5.87. The van der Waals surface area contributed by atoms with Gasteiger partial charge in [0.05, 0.1) is 18.0 Å². The highest BCUT2D eigenvalue weighted by Crippen LogP contribution is 2.38. The first-order valence-electron chi connectivity index (χ1n) is 9.52. The van der Waals surface area contributed by atoms with E-state index in [-0.39, 0.29) is 17.8 Å². The summed E-state index contributed by atoms with van der Waals surface area (Å²) in [5.74, 6) is 1.17. The monoisotopic (exact) mass is 382 g/mol. The lowest BCUT2D eigenvalue weighted by Crippen LogP contribution is -2.32. The quantitative estimate of drug-likeness (QED) is 0.707. The molecule has 6 heteroatoms. The molecule has 2 aromatic rings. The van der Waals surface area contributed by atoms with Gasteiger partial charge in [0.25, 0.3) is 0 Å². The smallest absolute Gasteiger partial charge is 0.246 e. The van der Waals surface area contributed by atoms with E-state index in [4.69, 9.17) is 9.47 Å². The van der Waals surface area contributed by atoms with Gasteiger partial charge in [-0.3, -0.25) is 9.59 Å². The minimum absolute atomic E-state index is 0.0972. The largest absolute Gasteiger partial charge is 0.492 e. The van der Waals surface area contributed by atoms with Gasteiger partial charge in [-0.1, -0.05) is 12.1 Å². The number of amides is 1. The zero-order chi connectivity index (χ0) is 20.3. The Hall–Kier alpha value is -3.02. The summed E-state index contributed by atoms with van der Waals surface area (Å²) in [5, 5.41) is 6.03. The van der Waals surface area contributed by atoms with E-state index in [0.29, 0.717) is 29.3 Å². The molecular formula is C22H26N2O4. The second-order valence-electron chi connectivity index (χ2n) is 6.98. The van der Waals surface area contributed by atoms with Crippen LogP contribution in [-0.4, -0.2) is 30.4 Å². The number of carbonyl (C=O) groups excluding carboxylic acids is 2. The molecule has 0 saturated carbocycles. The Labute approximate surface area is 165 Å². The maximum absolute atomic E-state index is 12.7. The van der Waals surface area contributed by atoms with E-state index in [9.17, 15) is 9.59 Å². The lowest BCUT2D eigenvalue weighted by molar-refractivity contribution is -0.116. The molecule has 28 heavy (non-hydrogen) atoms. The highest BCUT2D eigenvalue weighted by molar-refractivity contribution is 6.05. The Bertz CT molecular complexity index is 894. The van der Waals surface area contributed by atoms with E-state index < -0.39 is 6.04 Å². The maximum atomic E-state index is 12.7. The number of benzene rings is 2. The zero-order valence-corrected chi connectivity index (χ0v) is 16.7. The van der Waals surface area contributed by atoms with Crippen LogP contribution in [0.15, 0.2) is 36.4 Å². The van der Waals surface area contributed by atoms with Gasteiger partial charge in [0.1, 0.15) is 23.6 Å². The van der Waals surface area contributed by atoms with Crippen molar-refractivity contribution in [2.45, 2.75) is 46.3 Å². The van der Waals surface area contributed by atoms with Crippen LogP contribution in [0.1, 0.15) is 43.6 Å². The average Bonchev–Trinajstić information content (AvgIpc) is 3.01. The molecule has 2 N–H and O–H groups in total. The molecule has 148 valence electrons. The van der Waals surface area contributed by atoms with E-state index in [2.05, 4.69) is 10.6 Å². The minimum Gasteiger partial charge on any atom is -0.492 e. The fourth-order valence-corrected chi connectivity index (χ4v) is 3.27. The highest BCUT2D eigenvalue weighted by Gasteiger charge is 2.24. The number of hydrogen-bond acceptors (Lipinski definition) is 5. The van der Waals surface area contributed by atoms with Crippen molar-refractivity contribution in [3.05, 3.63) is 47.5 Å². The number of hydrogen-bond donors (Lipinski definition) is 2. The van der Waals surface area contributed by atoms with E-state index in [0.717, 1.165) is 17.7 Å². The van der Waals surface area contributed by atoms with Gasteiger partial charge in [0.15, 0.2) is 5.78 Å². The molecule has 0 radical (unpaired) electrons. The van der Waals surface area contributed by atoms with Crippen LogP contribution in [0, 0.1) is 0 Å². The van der Waals surface area contributed by atoms with Crippen molar-refractivity contribution < 1.29 is 19.1 Å². The van der Waals surface area contributed by atoms with E-state index in [1.165, 1.54) is 6.92 Å². The first-order valence-corrected chi connectivity index (χ1v) is 9.52. The Balaban J connectivity index is 1.77. The summed E-state index contributed by atoms with van der Waals surface area (Å²) >= 11 is 0. The zero-order valence-electron chi connectivity index (χ0n) is 16.7. The number of ether oxygens (including phenoxy) is 2. The van der Waals surface area contributed by atoms with Crippen LogP contribution in [0.2, 0.25) is 0 Å². The first-order chi connectivity index (χ1) is 13.4. The molecule has 0 fully saturated rings. The van der Waals surface area contributed by atoms with Crippen molar-refractivity contribution in [1.82, 2.24) is 0 Å². The van der Waals surface area contributed by atoms with Crippen LogP contribution in [0.3, 0.4) is 0 Å². The summed E-state index contributed by atoms with van der Waals surface area (Å²) in [6, 6.07) is 10.3. The topological polar surface area (TPSA) is 76.7 Å². The SMILES string of the molecule is CCOc1cc2c(cc1N[C@@H](C)C(=O)Nc1ccccc1C(C)=O)O[C@@H](C)C2. The Morgan fingerprint density at radius 2 is 2.00 bits per heavy atom. The van der Waals surface area contributed by atoms with Gasteiger partial charge in [-0.2, -0.15) is 0 Å². The molecule has 1 amide bonds. The average molecular weight is 382 g/mol. The normalized spacial score (nSPS) is 15.9. The number of fused-ring (bicyclic) bond motifs is 1. The number of nitrogens with one attached hydrogen (secondary N) is 2. The first kappa shape index (κ1) is 19.7. The molecule has 3 rings (SSSR count). The molecule has 0 aliphatic carbocycles. The van der Waals surface area contributed by atoms with Gasteiger partial charge in [-0.15, -0.1) is 0 Å². The fourth-order valence-electron chi connectivity index (χ4n) is 3.27. The van der Waals surface area contributed by atoms with Crippen molar-refractivity contribution in [1.29, 1.82) is 0 Å². The molecule has 6 nitrogen and oxygen atoms in total. The van der Waals surface area contributed by atoms with Crippen molar-refractivity contribution in [3.8, 4) is 11.5 Å². The van der Waals surface area contributed by atoms with Crippen LogP contribution >= 0.6 is 0 Å². The molecule has 0 bridgehead atoms. The van der Waals surface area contributed by atoms with Gasteiger partial charge in [0.2, 0.25) is 5.91 Å². The van der Waals surface area contributed by atoms with Gasteiger partial charge in [-0.25, -0.2) is 0 Å². The highest BCUT2D eigenvalue weighted by atomic mass is 16.5. The fraction of sp³-hybridized carbons (Fsp3) is 0.364. The summed E-state index contributed by atoms with van der Waals surface area (Å²) in [6.45, 7) is 7.71. The predicted molar refractivity (Wildman–Crippen MR) is 110 cm³/mol. The second kappa shape index (κ2) is 8.33. The van der Waals surface area contributed by atoms with Crippen LogP contribution in [0.4, 0.5) is 11.4 Å². The summed E-state index contributed by atoms with van der Waals surface area (Å²) in [6.07, 6.45) is 0.969. The number of anilines is 2. The number of rotatable bonds is 7. The second-order valence-corrected chi connectivity index (χ2v) is 6.98. The third kappa shape index (κ3) is 4.27. The Morgan fingerprint density at radius 3 is 2.71 bits per heavy atom. The van der Waals surface area contributed by atoms with Gasteiger partial charge in [0, 0.05) is 23.6 Å². The molecule has 0 unspecified atom stereocenters. The summed E-state index contributed by atoms with van der Waals surface area (Å²) < 4.78 is 11.6. The molecule has 0 spiro atoms. The molecule has 0 saturated heterocycles. The van der Waals surface area contributed by atoms with Crippen LogP contribution < -0.4 is 20.1 Å². The number of Topliss-reactive ketones (excluding diaryl/α,β-unsaturated/α-hetero) is 1. The number of carbonyl (C=O) groups is 2. The molecule has 2 atom stereocenters. The predicted octanol–water partition coefficient (Wildman–Crippen LogP) is 4.05. The molecule has 1 heterocycles. The molecule has 0 aromatic heterocycles. The van der Waals surface area contributed by atoms with Crippen molar-refractivity contribution in [3.63, 3.8) is 0 Å². The third-order valence-corrected chi connectivity index (χ3v) is 4.63. The number of ketones is 1. The lowest BCUT2D eigenvalue weighted by atomic mass is 10.1. The van der Waals surface area contributed by atoms with Crippen molar-refractivity contribution in [2.24, 2.45) is 0 Å². The molecule has 1 aliphatic heterocycles. The summed E-state index contributed by atoms with van der Waals surface area (Å²) in [7, 11) is 0. The third-order valence-electron chi connectivity index (χ3n) is 4.63. The van der Waals surface area contributed by atoms with Crippen LogP contribution in [-0.2, 0) is 11.2 Å². The number of para-hydroxylation sites is 1. The van der Waals surface area contributed by atoms with E-state index in [1.54, 1.807) is 31.2 Å². The molecular weight excluding hydrogens is 356 g/mol. The van der Waals surface area contributed by atoms with E-state index in [1.807, 2.05) is 26.0 Å². The van der Waals surface area contributed by atoms with E-state index >= 15 is 0 Å². The standard InChI is InChI=1S/C22H26N2O4/c1-5-27-21-11-16-10-13(2)28-20(16)12-19(21)23-14(3)22(26)24-18-9-7-6-8-17(18)15(4)25/h6-9,11-14,23H,5,10H2,1-4H3,(H,24,26)/t13-,14-/m0/s1. The summed E-state index contributed by atoms with van der Waals surface area (Å²) in [4.78, 5) is 24.5. The lowest BCUT2D eigenvalue weighted by Gasteiger charge is -2.19. The van der Waals surface area contributed by atoms with Gasteiger partial charge < -0.3 is 20.1 Å². The summed E-state index contributed by atoms with van der Waals surface area (Å²) in [5.41, 5.74) is 2.80. The maximum Gasteiger partial charge on any atom is 0.246 e. The molecule has 1 aliphatic rings. The van der Waals surface area contributed by atoms with Gasteiger partial charge in [-0.05, 0) is 45.9 Å². The van der Waals surface area contributed by atoms with Crippen LogP contribution in [0.5, 0.6) is 11.5 Å².